The highest BCUT2D eigenvalue weighted by molar-refractivity contribution is 6.09. The van der Waals surface area contributed by atoms with Crippen molar-refractivity contribution in [1.29, 1.82) is 0 Å². The van der Waals surface area contributed by atoms with Crippen LogP contribution in [0, 0.1) is 0 Å². The Bertz CT molecular complexity index is 1500. The third-order valence-corrected chi connectivity index (χ3v) is 5.56. The van der Waals surface area contributed by atoms with Gasteiger partial charge in [0.2, 0.25) is 0 Å². The van der Waals surface area contributed by atoms with Crippen molar-refractivity contribution in [2.24, 2.45) is 0 Å². The second kappa shape index (κ2) is 7.18. The largest absolute Gasteiger partial charge is 0.294 e. The first-order valence-electron chi connectivity index (χ1n) is 10.2. The van der Waals surface area contributed by atoms with Crippen molar-refractivity contribution in [3.05, 3.63) is 110 Å². The molecule has 0 amide bonds. The molecule has 4 heterocycles. The molecule has 0 spiro atoms. The van der Waals surface area contributed by atoms with Crippen molar-refractivity contribution in [2.45, 2.75) is 0 Å². The Morgan fingerprint density at radius 3 is 2.16 bits per heavy atom. The van der Waals surface area contributed by atoms with Gasteiger partial charge in [0, 0.05) is 46.2 Å². The predicted molar refractivity (Wildman–Crippen MR) is 125 cm³/mol. The first-order chi connectivity index (χ1) is 15.4. The highest BCUT2D eigenvalue weighted by atomic mass is 15.0. The van der Waals surface area contributed by atoms with E-state index in [1.54, 1.807) is 6.20 Å². The van der Waals surface area contributed by atoms with E-state index in [4.69, 9.17) is 4.98 Å². The molecule has 0 bridgehead atoms. The second-order valence-corrected chi connectivity index (χ2v) is 7.42. The Hall–Kier alpha value is -4.31. The van der Waals surface area contributed by atoms with Crippen molar-refractivity contribution in [1.82, 2.24) is 19.5 Å². The zero-order valence-electron chi connectivity index (χ0n) is 16.7. The molecule has 0 atom stereocenters. The molecule has 146 valence electrons. The number of hydrogen-bond donors (Lipinski definition) is 0. The van der Waals surface area contributed by atoms with E-state index in [0.29, 0.717) is 0 Å². The van der Waals surface area contributed by atoms with E-state index in [9.17, 15) is 0 Å². The Labute approximate surface area is 179 Å². The van der Waals surface area contributed by atoms with E-state index >= 15 is 0 Å². The molecule has 0 aliphatic rings. The summed E-state index contributed by atoms with van der Waals surface area (Å²) >= 11 is 0. The summed E-state index contributed by atoms with van der Waals surface area (Å²) in [5.74, 6) is 0. The van der Waals surface area contributed by atoms with E-state index in [2.05, 4.69) is 75.2 Å². The Morgan fingerprint density at radius 2 is 1.35 bits per heavy atom. The molecule has 0 aliphatic heterocycles. The van der Waals surface area contributed by atoms with Crippen LogP contribution in [-0.2, 0) is 0 Å². The van der Waals surface area contributed by atoms with Gasteiger partial charge in [-0.1, -0.05) is 30.3 Å². The molecule has 2 aromatic carbocycles. The Kier molecular flexibility index (Phi) is 4.06. The summed E-state index contributed by atoms with van der Waals surface area (Å²) in [6, 6.07) is 31.0. The second-order valence-electron chi connectivity index (χ2n) is 7.42. The van der Waals surface area contributed by atoms with Crippen LogP contribution >= 0.6 is 0 Å². The lowest BCUT2D eigenvalue weighted by molar-refractivity contribution is 1.14. The third-order valence-electron chi connectivity index (χ3n) is 5.56. The van der Waals surface area contributed by atoms with E-state index in [1.165, 1.54) is 5.39 Å². The van der Waals surface area contributed by atoms with Crippen LogP contribution in [0.15, 0.2) is 110 Å². The summed E-state index contributed by atoms with van der Waals surface area (Å²) in [6.07, 6.45) is 5.53. The predicted octanol–water partition coefficient (Wildman–Crippen LogP) is 6.30. The fraction of sp³-hybridized carbons (Fsp3) is 0. The minimum atomic E-state index is 0.925. The van der Waals surface area contributed by atoms with E-state index in [0.717, 1.165) is 44.8 Å². The number of benzene rings is 2. The van der Waals surface area contributed by atoms with Crippen LogP contribution in [0.25, 0.3) is 50.1 Å². The van der Waals surface area contributed by atoms with E-state index in [1.807, 2.05) is 42.7 Å². The number of nitrogens with zero attached hydrogens (tertiary/aromatic N) is 4. The topological polar surface area (TPSA) is 43.6 Å². The maximum atomic E-state index is 4.71. The van der Waals surface area contributed by atoms with Crippen molar-refractivity contribution in [3.8, 4) is 28.2 Å². The number of rotatable bonds is 3. The molecule has 0 saturated carbocycles. The normalized spacial score (nSPS) is 11.2. The van der Waals surface area contributed by atoms with Gasteiger partial charge in [-0.05, 0) is 60.7 Å². The van der Waals surface area contributed by atoms with Crippen LogP contribution in [0.4, 0.5) is 0 Å². The van der Waals surface area contributed by atoms with Crippen molar-refractivity contribution in [2.75, 3.05) is 0 Å². The van der Waals surface area contributed by atoms with Crippen LogP contribution in [0.5, 0.6) is 0 Å². The van der Waals surface area contributed by atoms with Gasteiger partial charge in [0.15, 0.2) is 0 Å². The molecule has 0 radical (unpaired) electrons. The number of fused-ring (bicyclic) bond motifs is 3. The molecule has 4 heteroatoms. The first kappa shape index (κ1) is 17.5. The molecule has 4 nitrogen and oxygen atoms in total. The summed E-state index contributed by atoms with van der Waals surface area (Å²) in [4.78, 5) is 13.8. The Morgan fingerprint density at radius 1 is 0.548 bits per heavy atom. The molecule has 0 fully saturated rings. The van der Waals surface area contributed by atoms with Crippen LogP contribution in [0.3, 0.4) is 0 Å². The van der Waals surface area contributed by atoms with Gasteiger partial charge in [-0.3, -0.25) is 14.5 Å². The first-order valence-corrected chi connectivity index (χ1v) is 10.2. The number of pyridine rings is 3. The lowest BCUT2D eigenvalue weighted by Gasteiger charge is -2.07. The monoisotopic (exact) mass is 398 g/mol. The molecule has 0 saturated heterocycles. The van der Waals surface area contributed by atoms with Gasteiger partial charge in [0.25, 0.3) is 0 Å². The minimum absolute atomic E-state index is 0.925. The third kappa shape index (κ3) is 2.97. The van der Waals surface area contributed by atoms with Gasteiger partial charge < -0.3 is 0 Å². The standard InChI is InChI=1S/C27H18N4/c1-2-7-21(8-3-1)31-26-14-12-19(17-23(26)22-9-6-16-29-27(22)31)25-13-11-20(18-30-25)24-10-4-5-15-28-24/h1-18H. The molecule has 0 unspecified atom stereocenters. The van der Waals surface area contributed by atoms with Gasteiger partial charge in [-0.15, -0.1) is 0 Å². The quantitative estimate of drug-likeness (QED) is 0.351. The zero-order chi connectivity index (χ0) is 20.6. The maximum absolute atomic E-state index is 4.71. The van der Waals surface area contributed by atoms with Crippen molar-refractivity contribution >= 4 is 21.9 Å². The van der Waals surface area contributed by atoms with Crippen molar-refractivity contribution in [3.63, 3.8) is 0 Å². The highest BCUT2D eigenvalue weighted by Crippen LogP contribution is 2.33. The average Bonchev–Trinajstić information content (AvgIpc) is 3.19. The van der Waals surface area contributed by atoms with Gasteiger partial charge in [-0.2, -0.15) is 0 Å². The van der Waals surface area contributed by atoms with Crippen LogP contribution < -0.4 is 0 Å². The molecular formula is C27H18N4. The molecule has 31 heavy (non-hydrogen) atoms. The Balaban J connectivity index is 1.50. The van der Waals surface area contributed by atoms with Gasteiger partial charge >= 0.3 is 0 Å². The van der Waals surface area contributed by atoms with Gasteiger partial charge in [0.1, 0.15) is 5.65 Å². The summed E-state index contributed by atoms with van der Waals surface area (Å²) in [5, 5.41) is 2.30. The smallest absolute Gasteiger partial charge is 0.145 e. The molecule has 6 rings (SSSR count). The number of hydrogen-bond acceptors (Lipinski definition) is 3. The lowest BCUT2D eigenvalue weighted by atomic mass is 10.1. The summed E-state index contributed by atoms with van der Waals surface area (Å²) in [5.41, 5.74) is 7.14. The van der Waals surface area contributed by atoms with Gasteiger partial charge in [-0.25, -0.2) is 4.98 Å². The van der Waals surface area contributed by atoms with Crippen LogP contribution in [-0.4, -0.2) is 19.5 Å². The minimum Gasteiger partial charge on any atom is -0.294 e. The summed E-state index contributed by atoms with van der Waals surface area (Å²) < 4.78 is 2.21. The fourth-order valence-electron chi connectivity index (χ4n) is 4.09. The van der Waals surface area contributed by atoms with E-state index in [-0.39, 0.29) is 0 Å². The maximum Gasteiger partial charge on any atom is 0.145 e. The highest BCUT2D eigenvalue weighted by Gasteiger charge is 2.14. The number of aromatic nitrogens is 4. The summed E-state index contributed by atoms with van der Waals surface area (Å²) in [6.45, 7) is 0. The van der Waals surface area contributed by atoms with Crippen LogP contribution in [0.2, 0.25) is 0 Å². The molecule has 6 aromatic rings. The molecular weight excluding hydrogens is 380 g/mol. The molecule has 4 aromatic heterocycles. The van der Waals surface area contributed by atoms with Gasteiger partial charge in [0.05, 0.1) is 16.9 Å². The fourth-order valence-corrected chi connectivity index (χ4v) is 4.09. The number of para-hydroxylation sites is 1. The SMILES string of the molecule is c1ccc(-n2c3ccc(-c4ccc(-c5ccccn5)cn4)cc3c3cccnc32)cc1. The van der Waals surface area contributed by atoms with Crippen molar-refractivity contribution < 1.29 is 0 Å². The lowest BCUT2D eigenvalue weighted by Crippen LogP contribution is -1.94. The zero-order valence-corrected chi connectivity index (χ0v) is 16.7. The summed E-state index contributed by atoms with van der Waals surface area (Å²) in [7, 11) is 0. The average molecular weight is 398 g/mol. The van der Waals surface area contributed by atoms with Crippen LogP contribution in [0.1, 0.15) is 0 Å². The van der Waals surface area contributed by atoms with E-state index < -0.39 is 0 Å². The molecule has 0 aliphatic carbocycles. The molecule has 0 N–H and O–H groups in total.